The molecule has 0 aliphatic carbocycles. The van der Waals surface area contributed by atoms with Gasteiger partial charge in [0.05, 0.1) is 22.5 Å². The number of hydrogen-bond acceptors (Lipinski definition) is 6. The largest absolute Gasteiger partial charge is 0.397 e. The van der Waals surface area contributed by atoms with Gasteiger partial charge in [0, 0.05) is 18.2 Å². The number of carbonyl (C=O) groups is 1. The summed E-state index contributed by atoms with van der Waals surface area (Å²) in [6.07, 6.45) is 1.88. The van der Waals surface area contributed by atoms with Crippen LogP contribution in [0.15, 0.2) is 79.0 Å². The number of nitrogens with two attached hydrogens (primary N) is 1. The van der Waals surface area contributed by atoms with E-state index in [1.54, 1.807) is 24.3 Å². The molecule has 0 aliphatic heterocycles. The second kappa shape index (κ2) is 9.09. The highest BCUT2D eigenvalue weighted by atomic mass is 16.6. The Balaban J connectivity index is 1.45. The van der Waals surface area contributed by atoms with Crippen molar-refractivity contribution in [3.8, 4) is 11.1 Å². The highest BCUT2D eigenvalue weighted by Gasteiger charge is 2.15. The number of nitro groups is 1. The lowest BCUT2D eigenvalue weighted by Gasteiger charge is -2.09. The first kappa shape index (κ1) is 20.7. The second-order valence-corrected chi connectivity index (χ2v) is 7.12. The van der Waals surface area contributed by atoms with E-state index in [2.05, 4.69) is 15.6 Å². The summed E-state index contributed by atoms with van der Waals surface area (Å²) in [6, 6.07) is 21.7. The molecule has 3 N–H and O–H groups in total. The number of nitrogen functional groups attached to an aromatic ring is 1. The van der Waals surface area contributed by atoms with Crippen LogP contribution in [0.3, 0.4) is 0 Å². The summed E-state index contributed by atoms with van der Waals surface area (Å²) >= 11 is 0. The summed E-state index contributed by atoms with van der Waals surface area (Å²) in [5.41, 5.74) is 9.64. The van der Waals surface area contributed by atoms with Crippen LogP contribution in [-0.2, 0) is 13.0 Å². The number of rotatable bonds is 7. The molecule has 0 radical (unpaired) electrons. The minimum atomic E-state index is -0.446. The van der Waals surface area contributed by atoms with Crippen LogP contribution in [0.2, 0.25) is 0 Å². The maximum atomic E-state index is 12.7. The molecular formula is C23H20N6O3. The topological polar surface area (TPSA) is 129 Å². The third-order valence-corrected chi connectivity index (χ3v) is 4.98. The highest BCUT2D eigenvalue weighted by Crippen LogP contribution is 2.27. The normalized spacial score (nSPS) is 10.6. The zero-order valence-corrected chi connectivity index (χ0v) is 17.0. The molecule has 0 unspecified atom stereocenters. The number of nitro benzene ring substituents is 1. The van der Waals surface area contributed by atoms with Gasteiger partial charge in [-0.3, -0.25) is 19.6 Å². The summed E-state index contributed by atoms with van der Waals surface area (Å²) in [4.78, 5) is 23.4. The van der Waals surface area contributed by atoms with Gasteiger partial charge in [0.15, 0.2) is 5.69 Å². The second-order valence-electron chi connectivity index (χ2n) is 7.12. The van der Waals surface area contributed by atoms with E-state index >= 15 is 0 Å². The molecule has 4 aromatic rings. The smallest absolute Gasteiger partial charge is 0.277 e. The number of aromatic nitrogens is 3. The molecule has 0 bridgehead atoms. The van der Waals surface area contributed by atoms with Gasteiger partial charge in [-0.05, 0) is 29.7 Å². The quantitative estimate of drug-likeness (QED) is 0.261. The van der Waals surface area contributed by atoms with Crippen molar-refractivity contribution in [2.45, 2.75) is 13.0 Å². The molecule has 0 saturated carbocycles. The number of hydrogen-bond donors (Lipinski definition) is 2. The van der Waals surface area contributed by atoms with Crippen LogP contribution >= 0.6 is 0 Å². The van der Waals surface area contributed by atoms with Crippen LogP contribution in [0.1, 0.15) is 16.1 Å². The van der Waals surface area contributed by atoms with Crippen LogP contribution in [0.5, 0.6) is 0 Å². The van der Waals surface area contributed by atoms with Gasteiger partial charge < -0.3 is 11.1 Å². The molecule has 9 nitrogen and oxygen atoms in total. The van der Waals surface area contributed by atoms with E-state index in [0.29, 0.717) is 29.9 Å². The predicted molar refractivity (Wildman–Crippen MR) is 121 cm³/mol. The van der Waals surface area contributed by atoms with Gasteiger partial charge in [0.1, 0.15) is 0 Å². The first-order valence-corrected chi connectivity index (χ1v) is 9.90. The summed E-state index contributed by atoms with van der Waals surface area (Å²) < 4.78 is 1.48. The number of nitrogens with zero attached hydrogens (tertiary/aromatic N) is 4. The Bertz CT molecular complexity index is 1270. The van der Waals surface area contributed by atoms with Crippen molar-refractivity contribution < 1.29 is 9.72 Å². The van der Waals surface area contributed by atoms with Crippen molar-refractivity contribution in [2.75, 3.05) is 11.1 Å². The molecule has 4 rings (SSSR count). The number of amides is 1. The first-order chi connectivity index (χ1) is 15.5. The third kappa shape index (κ3) is 4.62. The number of aryl methyl sites for hydroxylation is 2. The fourth-order valence-electron chi connectivity index (χ4n) is 3.31. The third-order valence-electron chi connectivity index (χ3n) is 4.98. The Hall–Kier alpha value is -4.53. The molecule has 1 aromatic heterocycles. The summed E-state index contributed by atoms with van der Waals surface area (Å²) in [7, 11) is 0. The van der Waals surface area contributed by atoms with Crippen LogP contribution in [0.4, 0.5) is 17.1 Å². The Kier molecular flexibility index (Phi) is 5.89. The van der Waals surface area contributed by atoms with Crippen molar-refractivity contribution in [3.63, 3.8) is 0 Å². The Labute approximate surface area is 183 Å². The van der Waals surface area contributed by atoms with Gasteiger partial charge in [0.25, 0.3) is 11.6 Å². The van der Waals surface area contributed by atoms with Crippen molar-refractivity contribution in [2.24, 2.45) is 0 Å². The van der Waals surface area contributed by atoms with E-state index in [9.17, 15) is 14.9 Å². The molecule has 3 aromatic carbocycles. The zero-order valence-electron chi connectivity index (χ0n) is 17.0. The van der Waals surface area contributed by atoms with E-state index in [1.807, 2.05) is 42.5 Å². The average molecular weight is 428 g/mol. The molecule has 32 heavy (non-hydrogen) atoms. The van der Waals surface area contributed by atoms with Crippen LogP contribution < -0.4 is 11.1 Å². The molecule has 9 heteroatoms. The molecule has 0 aliphatic rings. The molecule has 1 heterocycles. The molecule has 0 spiro atoms. The number of carbonyl (C=O) groups excluding carboxylic acids is 1. The molecule has 1 amide bonds. The molecule has 0 fully saturated rings. The van der Waals surface area contributed by atoms with Gasteiger partial charge in [0.2, 0.25) is 0 Å². The fourth-order valence-corrected chi connectivity index (χ4v) is 3.31. The lowest BCUT2D eigenvalue weighted by molar-refractivity contribution is -0.385. The van der Waals surface area contributed by atoms with Crippen LogP contribution in [0, 0.1) is 10.1 Å². The van der Waals surface area contributed by atoms with Crippen molar-refractivity contribution >= 4 is 23.0 Å². The fraction of sp³-hybridized carbons (Fsp3) is 0.0870. The van der Waals surface area contributed by atoms with Crippen molar-refractivity contribution in [3.05, 3.63) is 100 Å². The lowest BCUT2D eigenvalue weighted by Crippen LogP contribution is -2.14. The van der Waals surface area contributed by atoms with Crippen LogP contribution in [0.25, 0.3) is 11.1 Å². The Morgan fingerprint density at radius 2 is 1.78 bits per heavy atom. The van der Waals surface area contributed by atoms with E-state index in [0.717, 1.165) is 11.1 Å². The summed E-state index contributed by atoms with van der Waals surface area (Å²) in [5.74, 6) is -0.446. The number of para-hydroxylation sites is 1. The van der Waals surface area contributed by atoms with Gasteiger partial charge in [-0.25, -0.2) is 0 Å². The van der Waals surface area contributed by atoms with E-state index in [-0.39, 0.29) is 11.4 Å². The monoisotopic (exact) mass is 428 g/mol. The summed E-state index contributed by atoms with van der Waals surface area (Å²) in [5, 5.41) is 21.8. The highest BCUT2D eigenvalue weighted by molar-refractivity contribution is 6.04. The van der Waals surface area contributed by atoms with Crippen molar-refractivity contribution in [1.29, 1.82) is 0 Å². The van der Waals surface area contributed by atoms with Gasteiger partial charge in [-0.1, -0.05) is 59.8 Å². The van der Waals surface area contributed by atoms with Crippen molar-refractivity contribution in [1.82, 2.24) is 15.0 Å². The maximum absolute atomic E-state index is 12.7. The molecule has 0 atom stereocenters. The maximum Gasteiger partial charge on any atom is 0.277 e. The lowest BCUT2D eigenvalue weighted by atomic mass is 10.0. The Morgan fingerprint density at radius 1 is 1.03 bits per heavy atom. The van der Waals surface area contributed by atoms with E-state index < -0.39 is 10.8 Å². The first-order valence-electron chi connectivity index (χ1n) is 9.90. The van der Waals surface area contributed by atoms with E-state index in [4.69, 9.17) is 5.73 Å². The Morgan fingerprint density at radius 3 is 2.56 bits per heavy atom. The number of anilines is 2. The minimum Gasteiger partial charge on any atom is -0.397 e. The molecular weight excluding hydrogens is 408 g/mol. The SMILES string of the molecule is Nc1ccc(-c2ccccc2)cc1NC(=O)c1cn(CCc2ccccc2[N+](=O)[O-])nn1. The molecule has 0 saturated heterocycles. The van der Waals surface area contributed by atoms with Gasteiger partial charge >= 0.3 is 0 Å². The summed E-state index contributed by atoms with van der Waals surface area (Å²) in [6.45, 7) is 0.344. The molecule has 160 valence electrons. The van der Waals surface area contributed by atoms with E-state index in [1.165, 1.54) is 16.9 Å². The minimum absolute atomic E-state index is 0.0550. The van der Waals surface area contributed by atoms with Gasteiger partial charge in [-0.2, -0.15) is 0 Å². The average Bonchev–Trinajstić information content (AvgIpc) is 3.29. The zero-order chi connectivity index (χ0) is 22.5. The number of nitrogens with one attached hydrogen (secondary N) is 1. The van der Waals surface area contributed by atoms with Crippen LogP contribution in [-0.4, -0.2) is 25.8 Å². The van der Waals surface area contributed by atoms with Gasteiger partial charge in [-0.15, -0.1) is 5.10 Å². The number of benzene rings is 3. The standard InChI is InChI=1S/C23H20N6O3/c24-19-11-10-18(16-6-2-1-3-7-16)14-20(19)25-23(30)21-15-28(27-26-21)13-12-17-8-4-5-9-22(17)29(31)32/h1-11,14-15H,12-13,24H2,(H,25,30). The predicted octanol–water partition coefficient (Wildman–Crippen LogP) is 3.93.